The molecule has 4 aromatic heterocycles. The lowest BCUT2D eigenvalue weighted by molar-refractivity contribution is 0.0592. The number of aliphatic hydroxyl groups is 1. The highest BCUT2D eigenvalue weighted by atomic mass is 19.2. The number of aliphatic hydroxyl groups excluding tert-OH is 1. The zero-order valence-electron chi connectivity index (χ0n) is 54.2. The molecule has 0 spiro atoms. The number of methoxy groups -OCH3 is 3. The Hall–Kier alpha value is -12.9. The van der Waals surface area contributed by atoms with E-state index in [0.717, 1.165) is 37.0 Å². The van der Waals surface area contributed by atoms with Crippen LogP contribution in [-0.2, 0) is 35.4 Å². The lowest BCUT2D eigenvalue weighted by Gasteiger charge is -2.36. The molecule has 522 valence electrons. The number of anilines is 5. The second-order valence-corrected chi connectivity index (χ2v) is 21.3. The number of nitrogens with one attached hydrogen (secondary N) is 6. The van der Waals surface area contributed by atoms with Crippen LogP contribution in [-0.4, -0.2) is 146 Å². The summed E-state index contributed by atoms with van der Waals surface area (Å²) in [6.45, 7) is 5.09. The van der Waals surface area contributed by atoms with Crippen LogP contribution in [0.15, 0.2) is 131 Å². The number of aliphatic imine (C=N–C) groups is 2. The van der Waals surface area contributed by atoms with Crippen LogP contribution in [0.3, 0.4) is 0 Å². The van der Waals surface area contributed by atoms with Crippen LogP contribution in [0.5, 0.6) is 0 Å². The normalized spacial score (nSPS) is 13.6. The molecular weight excluding hydrogens is 1330 g/mol. The third-order valence-electron chi connectivity index (χ3n) is 14.7. The minimum absolute atomic E-state index is 0.00761. The van der Waals surface area contributed by atoms with Crippen LogP contribution in [0, 0.1) is 55.7 Å². The molecule has 9 aromatic rings. The third kappa shape index (κ3) is 16.8. The van der Waals surface area contributed by atoms with Gasteiger partial charge in [-0.1, -0.05) is 18.2 Å². The van der Waals surface area contributed by atoms with Crippen LogP contribution < -0.4 is 49.7 Å². The summed E-state index contributed by atoms with van der Waals surface area (Å²) in [5, 5.41) is 25.0. The second kappa shape index (κ2) is 31.3. The van der Waals surface area contributed by atoms with Gasteiger partial charge in [-0.25, -0.2) is 93.3 Å². The largest absolute Gasteiger partial charge is 0.465 e. The molecule has 1 saturated heterocycles. The number of ether oxygens (including phenoxy) is 3. The number of carbonyl (C=O) groups is 4. The van der Waals surface area contributed by atoms with E-state index in [1.165, 1.54) is 82.3 Å². The van der Waals surface area contributed by atoms with Crippen LogP contribution >= 0.6 is 0 Å². The van der Waals surface area contributed by atoms with Gasteiger partial charge >= 0.3 is 52.4 Å². The molecule has 11 rings (SSSR count). The number of halogens is 6. The first kappa shape index (κ1) is 72.9. The number of urea groups is 1. The summed E-state index contributed by atoms with van der Waals surface area (Å²) in [4.78, 5) is 137. The summed E-state index contributed by atoms with van der Waals surface area (Å²) >= 11 is 0. The fourth-order valence-electron chi connectivity index (χ4n) is 8.99. The van der Waals surface area contributed by atoms with Crippen molar-refractivity contribution in [3.8, 4) is 5.95 Å². The first-order valence-corrected chi connectivity index (χ1v) is 29.0. The number of carbonyl (C=O) groups excluding carboxylic acids is 4. The van der Waals surface area contributed by atoms with Crippen LogP contribution in [0.25, 0.3) is 5.95 Å². The Labute approximate surface area is 558 Å². The molecule has 6 heterocycles. The van der Waals surface area contributed by atoms with Gasteiger partial charge in [-0.2, -0.15) is 25.0 Å². The average Bonchev–Trinajstić information content (AvgIpc) is 1.58. The number of aryl methyl sites for hydroxylation is 3. The number of aromatic nitrogens is 11. The highest BCUT2D eigenvalue weighted by molar-refractivity contribution is 6.16. The van der Waals surface area contributed by atoms with E-state index in [0.29, 0.717) is 40.3 Å². The van der Waals surface area contributed by atoms with Crippen molar-refractivity contribution in [3.05, 3.63) is 229 Å². The van der Waals surface area contributed by atoms with Crippen LogP contribution in [0.1, 0.15) is 71.0 Å². The van der Waals surface area contributed by atoms with Crippen molar-refractivity contribution in [1.82, 2.24) is 68.5 Å². The quantitative estimate of drug-likeness (QED) is 0.0333. The summed E-state index contributed by atoms with van der Waals surface area (Å²) in [7, 11) is 9.32. The van der Waals surface area contributed by atoms with Crippen LogP contribution in [0.4, 0.5) is 66.0 Å². The molecule has 2 unspecified atom stereocenters. The van der Waals surface area contributed by atoms with Gasteiger partial charge < -0.3 is 35.3 Å². The summed E-state index contributed by atoms with van der Waals surface area (Å²) in [6, 6.07) is 17.9. The third-order valence-corrected chi connectivity index (χ3v) is 14.7. The van der Waals surface area contributed by atoms with E-state index in [1.807, 2.05) is 6.92 Å². The van der Waals surface area contributed by atoms with E-state index in [2.05, 4.69) is 71.0 Å². The molecule has 5 aromatic carbocycles. The van der Waals surface area contributed by atoms with Gasteiger partial charge in [0.25, 0.3) is 0 Å². The topological polar surface area (TPSA) is 397 Å². The Balaban J connectivity index is 0.000000177. The van der Waals surface area contributed by atoms with Crippen molar-refractivity contribution in [3.63, 3.8) is 0 Å². The molecule has 2 amide bonds. The maximum absolute atomic E-state index is 13.9. The van der Waals surface area contributed by atoms with E-state index in [-0.39, 0.29) is 71.1 Å². The van der Waals surface area contributed by atoms with E-state index in [4.69, 9.17) is 9.47 Å². The summed E-state index contributed by atoms with van der Waals surface area (Å²) in [6.07, 6.45) is 1.67. The maximum Gasteiger partial charge on any atom is 0.354 e. The monoisotopic (exact) mass is 1390 g/mol. The minimum atomic E-state index is -1.64. The second-order valence-electron chi connectivity index (χ2n) is 21.3. The lowest BCUT2D eigenvalue weighted by atomic mass is 10.1. The molecule has 32 nitrogen and oxygen atoms in total. The van der Waals surface area contributed by atoms with E-state index in [9.17, 15) is 74.6 Å². The van der Waals surface area contributed by atoms with Crippen LogP contribution in [0.2, 0.25) is 0 Å². The van der Waals surface area contributed by atoms with Crippen molar-refractivity contribution in [1.29, 1.82) is 0 Å². The average molecular weight is 1390 g/mol. The Morgan fingerprint density at radius 3 is 1.68 bits per heavy atom. The van der Waals surface area contributed by atoms with E-state index < -0.39 is 99.4 Å². The molecule has 0 aliphatic carbocycles. The maximum atomic E-state index is 13.9. The first-order chi connectivity index (χ1) is 47.4. The SMILES string of the molecule is COC(=O)c1ccc(C)c(N=C2NC(=O)N(C)C3=NCC(c4cc(F)c(F)c(F)c4)N23)c1.COC(=O)c1ccc(C)c(Nc2nc(=O)n(C)c(=O)[nH]2)c1.COC(=O)c1ccc(C)c(Nc2nc(NCC(O)c3cc(F)c(F)c(F)c3)n(C)c(=O)n2)c1.Cn1c(=O)nc(-n2cccn2)[nH]c1=O. The van der Waals surface area contributed by atoms with Crippen molar-refractivity contribution in [2.24, 2.45) is 31.1 Å². The molecule has 2 atom stereocenters. The Morgan fingerprint density at radius 1 is 0.640 bits per heavy atom. The van der Waals surface area contributed by atoms with Gasteiger partial charge in [0.05, 0.1) is 62.4 Å². The van der Waals surface area contributed by atoms with Gasteiger partial charge in [-0.15, -0.1) is 0 Å². The Morgan fingerprint density at radius 2 is 1.15 bits per heavy atom. The van der Waals surface area contributed by atoms with Gasteiger partial charge in [0.2, 0.25) is 35.7 Å². The number of amides is 2. The summed E-state index contributed by atoms with van der Waals surface area (Å²) < 4.78 is 99.4. The zero-order valence-corrected chi connectivity index (χ0v) is 54.2. The molecule has 1 fully saturated rings. The van der Waals surface area contributed by atoms with E-state index >= 15 is 0 Å². The van der Waals surface area contributed by atoms with Gasteiger partial charge in [-0.05, 0) is 115 Å². The van der Waals surface area contributed by atoms with Crippen molar-refractivity contribution >= 4 is 70.8 Å². The fourth-order valence-corrected chi connectivity index (χ4v) is 8.99. The fraction of sp³-hybridized carbons (Fsp3) is 0.226. The molecule has 0 radical (unpaired) electrons. The number of hydrogen-bond acceptors (Lipinski definition) is 23. The van der Waals surface area contributed by atoms with Gasteiger partial charge in [0.1, 0.15) is 0 Å². The molecular formula is C62H59F6N19O13. The standard InChI is InChI=1S/C21H20F3N5O4.C21H18F3N5O3.C13H14N4O4.C7H7N5O2/c1-10-4-5-11(18(31)33-3)8-15(10)26-19-27-20(29(2)21(32)28-19)25-9-16(30)12-6-13(22)17(24)14(23)7-12;1-10-4-5-11(18(30)32-3)8-15(10)26-19-27-21(31)28(2)20-25-9-16(29(19)20)12-6-13(22)17(24)14(23)7-12;1-7-4-5-8(10(18)21-3)6-9(7)14-11-15-12(19)17(2)13(20)16-11;1-11-6(13)9-5(10-7(11)14)12-4-2-3-8-12/h4-8,16,30H,9H2,1-3H3,(H2,25,26,27,28,32);4-8,16H,9H2,1-3H3,(H,26,27,31);4-6H,1-3H3,(H2,14,15,16,19,20);2-4H,1H3,(H,9,10,13,14). The number of hydrogen-bond donors (Lipinski definition) is 7. The molecule has 0 bridgehead atoms. The molecule has 38 heteroatoms. The number of H-pyrrole nitrogens is 2. The molecule has 100 heavy (non-hydrogen) atoms. The van der Waals surface area contributed by atoms with Crippen molar-refractivity contribution in [2.45, 2.75) is 32.9 Å². The van der Waals surface area contributed by atoms with Gasteiger partial charge in [-0.3, -0.25) is 29.7 Å². The lowest BCUT2D eigenvalue weighted by Crippen LogP contribution is -2.61. The predicted octanol–water partition coefficient (Wildman–Crippen LogP) is 4.79. The number of esters is 3. The molecule has 0 saturated carbocycles. The number of rotatable bonds is 14. The number of fused-ring (bicyclic) bond motifs is 1. The van der Waals surface area contributed by atoms with Gasteiger partial charge in [0, 0.05) is 58.5 Å². The smallest absolute Gasteiger partial charge is 0.354 e. The Bertz CT molecular complexity index is 4930. The Kier molecular flexibility index (Phi) is 22.8. The zero-order chi connectivity index (χ0) is 73.1. The molecule has 2 aliphatic heterocycles. The number of guanidine groups is 2. The summed E-state index contributed by atoms with van der Waals surface area (Å²) in [5.41, 5.74) is 1.32. The first-order valence-electron chi connectivity index (χ1n) is 29.0. The highest BCUT2D eigenvalue weighted by Crippen LogP contribution is 2.33. The van der Waals surface area contributed by atoms with Crippen molar-refractivity contribution in [2.75, 3.05) is 57.4 Å². The minimum Gasteiger partial charge on any atom is -0.465 e. The van der Waals surface area contributed by atoms with Crippen molar-refractivity contribution < 1.29 is 64.8 Å². The number of aromatic amines is 2. The molecule has 2 aliphatic rings. The number of benzene rings is 5. The van der Waals surface area contributed by atoms with E-state index in [1.54, 1.807) is 68.6 Å². The summed E-state index contributed by atoms with van der Waals surface area (Å²) in [5.74, 6) is -10.1. The van der Waals surface area contributed by atoms with Gasteiger partial charge in [0.15, 0.2) is 34.9 Å². The predicted molar refractivity (Wildman–Crippen MR) is 345 cm³/mol. The molecule has 7 N–H and O–H groups in total. The highest BCUT2D eigenvalue weighted by Gasteiger charge is 2.42. The number of nitrogens with zero attached hydrogens (tertiary/aromatic N) is 13.